The summed E-state index contributed by atoms with van der Waals surface area (Å²) in [5, 5.41) is 3.20. The minimum Gasteiger partial charge on any atom is -0.479 e. The zero-order chi connectivity index (χ0) is 9.84. The van der Waals surface area contributed by atoms with Crippen LogP contribution in [0, 0.1) is 0 Å². The Bertz CT molecular complexity index is 286. The van der Waals surface area contributed by atoms with Gasteiger partial charge in [-0.15, -0.1) is 0 Å². The average Bonchev–Trinajstić information content (AvgIpc) is 2.08. The summed E-state index contributed by atoms with van der Waals surface area (Å²) in [6, 6.07) is 2.17. The molecule has 13 heavy (non-hydrogen) atoms. The maximum atomic E-state index is 5.79. The van der Waals surface area contributed by atoms with E-state index < -0.39 is 0 Å². The lowest BCUT2D eigenvalue weighted by atomic mass is 10.3. The second-order valence-electron chi connectivity index (χ2n) is 3.08. The first-order valence-corrected chi connectivity index (χ1v) is 4.20. The summed E-state index contributed by atoms with van der Waals surface area (Å²) in [6.45, 7) is 4.10. The standard InChI is InChI=1S/C9H15N3O/c1-6(2)12-7-4-5-11-9(13-3)8(7)10/h4-6H,10H2,1-3H3,(H,11,12). The number of methoxy groups -OCH3 is 1. The summed E-state index contributed by atoms with van der Waals surface area (Å²) in [5.74, 6) is 0.464. The summed E-state index contributed by atoms with van der Waals surface area (Å²) in [4.78, 5) is 3.98. The van der Waals surface area contributed by atoms with Crippen molar-refractivity contribution in [1.29, 1.82) is 0 Å². The third-order valence-corrected chi connectivity index (χ3v) is 1.59. The highest BCUT2D eigenvalue weighted by molar-refractivity contribution is 5.70. The van der Waals surface area contributed by atoms with Crippen LogP contribution in [0.1, 0.15) is 13.8 Å². The van der Waals surface area contributed by atoms with E-state index in [4.69, 9.17) is 10.5 Å². The maximum absolute atomic E-state index is 5.79. The molecule has 0 unspecified atom stereocenters. The number of nitrogens with one attached hydrogen (secondary N) is 1. The van der Waals surface area contributed by atoms with E-state index in [0.29, 0.717) is 17.6 Å². The lowest BCUT2D eigenvalue weighted by Crippen LogP contribution is -2.12. The molecule has 0 aliphatic rings. The van der Waals surface area contributed by atoms with Crippen molar-refractivity contribution in [2.75, 3.05) is 18.2 Å². The molecule has 1 aromatic heterocycles. The van der Waals surface area contributed by atoms with Crippen LogP contribution in [0.25, 0.3) is 0 Å². The highest BCUT2D eigenvalue weighted by Crippen LogP contribution is 2.26. The van der Waals surface area contributed by atoms with E-state index in [2.05, 4.69) is 10.3 Å². The molecule has 0 aromatic carbocycles. The molecule has 0 radical (unpaired) electrons. The van der Waals surface area contributed by atoms with E-state index in [1.165, 1.54) is 0 Å². The van der Waals surface area contributed by atoms with Crippen LogP contribution >= 0.6 is 0 Å². The monoisotopic (exact) mass is 181 g/mol. The summed E-state index contributed by atoms with van der Waals surface area (Å²) < 4.78 is 4.99. The maximum Gasteiger partial charge on any atom is 0.239 e. The number of nitrogens with two attached hydrogens (primary N) is 1. The number of nitrogen functional groups attached to an aromatic ring is 1. The van der Waals surface area contributed by atoms with Gasteiger partial charge < -0.3 is 15.8 Å². The van der Waals surface area contributed by atoms with Crippen LogP contribution in [-0.2, 0) is 0 Å². The van der Waals surface area contributed by atoms with Gasteiger partial charge in [-0.05, 0) is 19.9 Å². The van der Waals surface area contributed by atoms with Gasteiger partial charge in [0.2, 0.25) is 5.88 Å². The Morgan fingerprint density at radius 3 is 2.77 bits per heavy atom. The molecule has 1 heterocycles. The summed E-state index contributed by atoms with van der Waals surface area (Å²) in [7, 11) is 1.55. The molecule has 72 valence electrons. The lowest BCUT2D eigenvalue weighted by Gasteiger charge is -2.13. The fraction of sp³-hybridized carbons (Fsp3) is 0.444. The molecule has 0 bridgehead atoms. The highest BCUT2D eigenvalue weighted by Gasteiger charge is 2.06. The Morgan fingerprint density at radius 2 is 2.23 bits per heavy atom. The molecule has 0 saturated carbocycles. The van der Waals surface area contributed by atoms with Gasteiger partial charge >= 0.3 is 0 Å². The van der Waals surface area contributed by atoms with Gasteiger partial charge in [0, 0.05) is 12.2 Å². The van der Waals surface area contributed by atoms with Crippen LogP contribution in [0.15, 0.2) is 12.3 Å². The number of pyridine rings is 1. The van der Waals surface area contributed by atoms with E-state index in [0.717, 1.165) is 5.69 Å². The van der Waals surface area contributed by atoms with Gasteiger partial charge in [-0.25, -0.2) is 4.98 Å². The van der Waals surface area contributed by atoms with E-state index in [9.17, 15) is 0 Å². The second kappa shape index (κ2) is 3.98. The summed E-state index contributed by atoms with van der Waals surface area (Å²) in [6.07, 6.45) is 1.67. The van der Waals surface area contributed by atoms with Crippen molar-refractivity contribution in [2.24, 2.45) is 0 Å². The smallest absolute Gasteiger partial charge is 0.239 e. The SMILES string of the molecule is COc1nccc(NC(C)C)c1N. The first-order valence-electron chi connectivity index (χ1n) is 4.20. The largest absolute Gasteiger partial charge is 0.479 e. The van der Waals surface area contributed by atoms with E-state index in [-0.39, 0.29) is 0 Å². The molecule has 4 heteroatoms. The Hall–Kier alpha value is -1.45. The number of nitrogens with zero attached hydrogens (tertiary/aromatic N) is 1. The molecule has 1 aromatic rings. The molecule has 0 saturated heterocycles. The van der Waals surface area contributed by atoms with Gasteiger partial charge in [-0.1, -0.05) is 0 Å². The molecule has 1 rings (SSSR count). The third-order valence-electron chi connectivity index (χ3n) is 1.59. The molecule has 0 amide bonds. The van der Waals surface area contributed by atoms with Gasteiger partial charge in [0.05, 0.1) is 12.8 Å². The van der Waals surface area contributed by atoms with Crippen LogP contribution in [0.4, 0.5) is 11.4 Å². The minimum absolute atomic E-state index is 0.342. The van der Waals surface area contributed by atoms with Crippen LogP contribution < -0.4 is 15.8 Å². The average molecular weight is 181 g/mol. The normalized spacial score (nSPS) is 10.2. The second-order valence-corrected chi connectivity index (χ2v) is 3.08. The quantitative estimate of drug-likeness (QED) is 0.741. The van der Waals surface area contributed by atoms with Gasteiger partial charge in [0.1, 0.15) is 5.69 Å². The number of hydrogen-bond donors (Lipinski definition) is 2. The zero-order valence-electron chi connectivity index (χ0n) is 8.16. The molecule has 0 atom stereocenters. The Labute approximate surface area is 78.1 Å². The molecule has 4 nitrogen and oxygen atoms in total. The van der Waals surface area contributed by atoms with Crippen molar-refractivity contribution in [3.63, 3.8) is 0 Å². The Balaban J connectivity index is 2.94. The fourth-order valence-corrected chi connectivity index (χ4v) is 1.05. The first kappa shape index (κ1) is 9.64. The zero-order valence-corrected chi connectivity index (χ0v) is 8.16. The number of anilines is 2. The van der Waals surface area contributed by atoms with Gasteiger partial charge in [0.25, 0.3) is 0 Å². The minimum atomic E-state index is 0.342. The van der Waals surface area contributed by atoms with Crippen molar-refractivity contribution in [2.45, 2.75) is 19.9 Å². The molecule has 0 aliphatic carbocycles. The van der Waals surface area contributed by atoms with Gasteiger partial charge in [-0.2, -0.15) is 0 Å². The summed E-state index contributed by atoms with van der Waals surface area (Å²) in [5.41, 5.74) is 7.21. The van der Waals surface area contributed by atoms with Crippen LogP contribution in [-0.4, -0.2) is 18.1 Å². The Kier molecular flexibility index (Phi) is 2.95. The predicted octanol–water partition coefficient (Wildman–Crippen LogP) is 1.49. The van der Waals surface area contributed by atoms with Crippen molar-refractivity contribution in [3.8, 4) is 5.88 Å². The van der Waals surface area contributed by atoms with Crippen LogP contribution in [0.2, 0.25) is 0 Å². The van der Waals surface area contributed by atoms with Crippen molar-refractivity contribution < 1.29 is 4.74 Å². The predicted molar refractivity (Wildman–Crippen MR) is 54.0 cm³/mol. The van der Waals surface area contributed by atoms with Crippen molar-refractivity contribution in [3.05, 3.63) is 12.3 Å². The number of rotatable bonds is 3. The van der Waals surface area contributed by atoms with Gasteiger partial charge in [0.15, 0.2) is 0 Å². The number of hydrogen-bond acceptors (Lipinski definition) is 4. The summed E-state index contributed by atoms with van der Waals surface area (Å²) >= 11 is 0. The van der Waals surface area contributed by atoms with Gasteiger partial charge in [-0.3, -0.25) is 0 Å². The fourth-order valence-electron chi connectivity index (χ4n) is 1.05. The van der Waals surface area contributed by atoms with E-state index in [1.807, 2.05) is 19.9 Å². The number of ether oxygens (including phenoxy) is 1. The molecule has 0 aliphatic heterocycles. The number of aromatic nitrogens is 1. The van der Waals surface area contributed by atoms with Crippen LogP contribution in [0.5, 0.6) is 5.88 Å². The Morgan fingerprint density at radius 1 is 1.54 bits per heavy atom. The third kappa shape index (κ3) is 2.24. The first-order chi connectivity index (χ1) is 6.15. The molecule has 3 N–H and O–H groups in total. The van der Waals surface area contributed by atoms with E-state index in [1.54, 1.807) is 13.3 Å². The van der Waals surface area contributed by atoms with Crippen LogP contribution in [0.3, 0.4) is 0 Å². The lowest BCUT2D eigenvalue weighted by molar-refractivity contribution is 0.400. The van der Waals surface area contributed by atoms with E-state index >= 15 is 0 Å². The molecule has 0 spiro atoms. The molecular formula is C9H15N3O. The van der Waals surface area contributed by atoms with Crippen molar-refractivity contribution >= 4 is 11.4 Å². The van der Waals surface area contributed by atoms with Crippen molar-refractivity contribution in [1.82, 2.24) is 4.98 Å². The highest BCUT2D eigenvalue weighted by atomic mass is 16.5. The molecule has 0 fully saturated rings. The molecular weight excluding hydrogens is 166 g/mol. The topological polar surface area (TPSA) is 60.2 Å².